The van der Waals surface area contributed by atoms with Crippen molar-refractivity contribution < 1.29 is 9.53 Å². The lowest BCUT2D eigenvalue weighted by molar-refractivity contribution is -0.144. The molecule has 0 fully saturated rings. The number of halogens is 2. The fraction of sp³-hybridized carbons (Fsp3) is 0.167. The van der Waals surface area contributed by atoms with Crippen LogP contribution in [0.15, 0.2) is 92.9 Å². The van der Waals surface area contributed by atoms with Crippen molar-refractivity contribution in [2.45, 2.75) is 18.6 Å². The van der Waals surface area contributed by atoms with E-state index in [0.29, 0.717) is 6.42 Å². The molecule has 152 valence electrons. The number of ether oxygens (including phenoxy) is 1. The zero-order valence-corrected chi connectivity index (χ0v) is 19.5. The van der Waals surface area contributed by atoms with Gasteiger partial charge in [0.2, 0.25) is 0 Å². The van der Waals surface area contributed by atoms with Crippen molar-refractivity contribution in [2.75, 3.05) is 7.11 Å². The number of benzene rings is 3. The molecular formula is C24H20Br2N2O2. The third-order valence-corrected chi connectivity index (χ3v) is 6.08. The van der Waals surface area contributed by atoms with Gasteiger partial charge in [-0.25, -0.2) is 5.01 Å². The van der Waals surface area contributed by atoms with E-state index >= 15 is 0 Å². The predicted octanol–water partition coefficient (Wildman–Crippen LogP) is 6.28. The Morgan fingerprint density at radius 2 is 1.70 bits per heavy atom. The largest absolute Gasteiger partial charge is 0.367 e. The van der Waals surface area contributed by atoms with Crippen molar-refractivity contribution in [1.82, 2.24) is 5.01 Å². The highest BCUT2D eigenvalue weighted by atomic mass is 79.9. The SMILES string of the molecule is CO[C@H](C(=O)N1N=C(c2cccc(Br)c2)C[C@@H]1c1cccc(Br)c1)c1ccccc1. The van der Waals surface area contributed by atoms with Crippen LogP contribution in [0.2, 0.25) is 0 Å². The minimum absolute atomic E-state index is 0.182. The van der Waals surface area contributed by atoms with Gasteiger partial charge in [0.05, 0.1) is 11.8 Å². The molecule has 1 aliphatic rings. The highest BCUT2D eigenvalue weighted by molar-refractivity contribution is 9.10. The Morgan fingerprint density at radius 1 is 1.00 bits per heavy atom. The fourth-order valence-electron chi connectivity index (χ4n) is 3.66. The van der Waals surface area contributed by atoms with Gasteiger partial charge in [-0.05, 0) is 41.0 Å². The van der Waals surface area contributed by atoms with Gasteiger partial charge in [0.25, 0.3) is 5.91 Å². The summed E-state index contributed by atoms with van der Waals surface area (Å²) in [5.74, 6) is -0.182. The Balaban J connectivity index is 1.74. The second-order valence-electron chi connectivity index (χ2n) is 7.04. The standard InChI is InChI=1S/C24H20Br2N2O2/c1-30-23(16-7-3-2-4-8-16)24(29)28-22(18-10-6-12-20(26)14-18)15-21(27-28)17-9-5-11-19(25)13-17/h2-14,22-23H,15H2,1H3/t22-,23+/m1/s1. The van der Waals surface area contributed by atoms with Gasteiger partial charge in [-0.15, -0.1) is 0 Å². The number of nitrogens with zero attached hydrogens (tertiary/aromatic N) is 2. The predicted molar refractivity (Wildman–Crippen MR) is 125 cm³/mol. The minimum Gasteiger partial charge on any atom is -0.367 e. The Hall–Kier alpha value is -2.28. The minimum atomic E-state index is -0.716. The first-order chi connectivity index (χ1) is 14.6. The smallest absolute Gasteiger partial charge is 0.276 e. The average molecular weight is 528 g/mol. The molecule has 6 heteroatoms. The second-order valence-corrected chi connectivity index (χ2v) is 8.87. The van der Waals surface area contributed by atoms with E-state index in [-0.39, 0.29) is 11.9 Å². The molecule has 1 aliphatic heterocycles. The summed E-state index contributed by atoms with van der Waals surface area (Å²) < 4.78 is 7.55. The van der Waals surface area contributed by atoms with Crippen LogP contribution < -0.4 is 0 Å². The summed E-state index contributed by atoms with van der Waals surface area (Å²) in [4.78, 5) is 13.6. The van der Waals surface area contributed by atoms with Gasteiger partial charge < -0.3 is 4.74 Å². The summed E-state index contributed by atoms with van der Waals surface area (Å²) in [5, 5.41) is 6.35. The Bertz CT molecular complexity index is 1090. The van der Waals surface area contributed by atoms with E-state index < -0.39 is 6.10 Å². The number of hydrogen-bond acceptors (Lipinski definition) is 3. The van der Waals surface area contributed by atoms with Gasteiger partial charge in [0.1, 0.15) is 0 Å². The molecule has 0 saturated heterocycles. The molecule has 0 radical (unpaired) electrons. The molecule has 1 amide bonds. The number of rotatable bonds is 5. The Kier molecular flexibility index (Phi) is 6.46. The second kappa shape index (κ2) is 9.25. The van der Waals surface area contributed by atoms with E-state index in [4.69, 9.17) is 9.84 Å². The lowest BCUT2D eigenvalue weighted by atomic mass is 9.98. The lowest BCUT2D eigenvalue weighted by Crippen LogP contribution is -2.32. The molecule has 0 N–H and O–H groups in total. The number of hydrogen-bond donors (Lipinski definition) is 0. The van der Waals surface area contributed by atoms with Gasteiger partial charge in [-0.2, -0.15) is 5.10 Å². The molecule has 4 nitrogen and oxygen atoms in total. The first-order valence-corrected chi connectivity index (χ1v) is 11.1. The Labute approximate surface area is 192 Å². The van der Waals surface area contributed by atoms with Crippen LogP contribution >= 0.6 is 31.9 Å². The van der Waals surface area contributed by atoms with Crippen LogP contribution in [0.1, 0.15) is 35.3 Å². The lowest BCUT2D eigenvalue weighted by Gasteiger charge is -2.26. The van der Waals surface area contributed by atoms with Crippen molar-refractivity contribution in [3.63, 3.8) is 0 Å². The van der Waals surface area contributed by atoms with Crippen LogP contribution in [-0.2, 0) is 9.53 Å². The summed E-state index contributed by atoms with van der Waals surface area (Å²) in [5.41, 5.74) is 3.70. The number of carbonyl (C=O) groups is 1. The highest BCUT2D eigenvalue weighted by Crippen LogP contribution is 2.36. The molecule has 3 aromatic rings. The fourth-order valence-corrected chi connectivity index (χ4v) is 4.47. The molecule has 3 aromatic carbocycles. The van der Waals surface area contributed by atoms with Crippen LogP contribution in [-0.4, -0.2) is 23.7 Å². The first-order valence-electron chi connectivity index (χ1n) is 9.56. The van der Waals surface area contributed by atoms with Gasteiger partial charge in [-0.3, -0.25) is 4.79 Å². The topological polar surface area (TPSA) is 41.9 Å². The maximum Gasteiger partial charge on any atom is 0.276 e. The quantitative estimate of drug-likeness (QED) is 0.392. The molecule has 0 aromatic heterocycles. The van der Waals surface area contributed by atoms with Gasteiger partial charge in [0, 0.05) is 22.5 Å². The van der Waals surface area contributed by atoms with Crippen molar-refractivity contribution in [3.8, 4) is 0 Å². The van der Waals surface area contributed by atoms with Crippen molar-refractivity contribution in [3.05, 3.63) is 104 Å². The van der Waals surface area contributed by atoms with E-state index in [1.807, 2.05) is 78.9 Å². The van der Waals surface area contributed by atoms with Crippen LogP contribution in [0.25, 0.3) is 0 Å². The molecule has 30 heavy (non-hydrogen) atoms. The maximum atomic E-state index is 13.6. The monoisotopic (exact) mass is 526 g/mol. The van der Waals surface area contributed by atoms with Gasteiger partial charge in [-0.1, -0.05) is 86.5 Å². The summed E-state index contributed by atoms with van der Waals surface area (Å²) in [6.07, 6.45) is -0.0874. The van der Waals surface area contributed by atoms with Crippen molar-refractivity contribution >= 4 is 43.5 Å². The molecule has 0 unspecified atom stereocenters. The van der Waals surface area contributed by atoms with Crippen LogP contribution in [0.4, 0.5) is 0 Å². The maximum absolute atomic E-state index is 13.6. The molecule has 0 saturated carbocycles. The van der Waals surface area contributed by atoms with Crippen molar-refractivity contribution in [1.29, 1.82) is 0 Å². The summed E-state index contributed by atoms with van der Waals surface area (Å²) in [6.45, 7) is 0. The third kappa shape index (κ3) is 4.41. The summed E-state index contributed by atoms with van der Waals surface area (Å²) in [7, 11) is 1.55. The van der Waals surface area contributed by atoms with Crippen LogP contribution in [0, 0.1) is 0 Å². The van der Waals surface area contributed by atoms with Crippen LogP contribution in [0.3, 0.4) is 0 Å². The normalized spacial score (nSPS) is 17.0. The van der Waals surface area contributed by atoms with E-state index in [1.54, 1.807) is 12.1 Å². The number of methoxy groups -OCH3 is 1. The van der Waals surface area contributed by atoms with E-state index in [9.17, 15) is 4.79 Å². The van der Waals surface area contributed by atoms with Crippen molar-refractivity contribution in [2.24, 2.45) is 5.10 Å². The van der Waals surface area contributed by atoms with E-state index in [1.165, 1.54) is 0 Å². The molecule has 4 rings (SSSR count). The summed E-state index contributed by atoms with van der Waals surface area (Å²) in [6, 6.07) is 25.3. The molecule has 0 spiro atoms. The average Bonchev–Trinajstić information content (AvgIpc) is 3.21. The zero-order chi connectivity index (χ0) is 21.1. The highest BCUT2D eigenvalue weighted by Gasteiger charge is 2.37. The van der Waals surface area contributed by atoms with Gasteiger partial charge >= 0.3 is 0 Å². The molecular weight excluding hydrogens is 508 g/mol. The molecule has 0 aliphatic carbocycles. The number of carbonyl (C=O) groups excluding carboxylic acids is 1. The Morgan fingerprint density at radius 3 is 2.37 bits per heavy atom. The molecule has 1 heterocycles. The summed E-state index contributed by atoms with van der Waals surface area (Å²) >= 11 is 7.07. The van der Waals surface area contributed by atoms with E-state index in [0.717, 1.165) is 31.3 Å². The number of amides is 1. The molecule has 2 atom stereocenters. The molecule has 0 bridgehead atoms. The van der Waals surface area contributed by atoms with Crippen LogP contribution in [0.5, 0.6) is 0 Å². The zero-order valence-electron chi connectivity index (χ0n) is 16.3. The first kappa shape index (κ1) is 21.0. The third-order valence-electron chi connectivity index (χ3n) is 5.09. The number of hydrazone groups is 1. The van der Waals surface area contributed by atoms with Gasteiger partial charge in [0.15, 0.2) is 6.10 Å². The van der Waals surface area contributed by atoms with E-state index in [2.05, 4.69) is 31.9 Å².